The third-order valence-corrected chi connectivity index (χ3v) is 6.24. The fourth-order valence-electron chi connectivity index (χ4n) is 4.49. The lowest BCUT2D eigenvalue weighted by Crippen LogP contribution is -2.46. The average molecular weight is 403 g/mol. The van der Waals surface area contributed by atoms with E-state index in [9.17, 15) is 18.8 Å². The lowest BCUT2D eigenvalue weighted by atomic mass is 9.87. The fourth-order valence-corrected chi connectivity index (χ4v) is 4.49. The standard InChI is InChI=1S/C22H30FN3O3/c1-14(2)25-8-6-15(7-9-25)17-11-16-13-26(22(29)18(16)12-19(17)23)20(5-4-10-27)21(28)24-3/h10-12,14-15,20H,4-9,13H2,1-3H3,(H,24,28). The van der Waals surface area contributed by atoms with Crippen LogP contribution < -0.4 is 5.32 Å². The summed E-state index contributed by atoms with van der Waals surface area (Å²) in [4.78, 5) is 39.8. The van der Waals surface area contributed by atoms with E-state index < -0.39 is 6.04 Å². The number of aldehydes is 1. The predicted molar refractivity (Wildman–Crippen MR) is 108 cm³/mol. The normalized spacial score (nSPS) is 18.8. The zero-order chi connectivity index (χ0) is 21.1. The highest BCUT2D eigenvalue weighted by atomic mass is 19.1. The average Bonchev–Trinajstić information content (AvgIpc) is 3.03. The smallest absolute Gasteiger partial charge is 0.255 e. The summed E-state index contributed by atoms with van der Waals surface area (Å²) in [6, 6.07) is 2.91. The first-order valence-corrected chi connectivity index (χ1v) is 10.4. The summed E-state index contributed by atoms with van der Waals surface area (Å²) in [6.45, 7) is 6.49. The van der Waals surface area contributed by atoms with Gasteiger partial charge in [-0.2, -0.15) is 0 Å². The summed E-state index contributed by atoms with van der Waals surface area (Å²) in [5.41, 5.74) is 1.76. The third kappa shape index (κ3) is 4.34. The first-order chi connectivity index (χ1) is 13.9. The Balaban J connectivity index is 1.81. The van der Waals surface area contributed by atoms with Gasteiger partial charge < -0.3 is 19.9 Å². The quantitative estimate of drug-likeness (QED) is 0.710. The van der Waals surface area contributed by atoms with Crippen LogP contribution in [0.1, 0.15) is 66.9 Å². The molecular formula is C22H30FN3O3. The SMILES string of the molecule is CNC(=O)C(CCC=O)N1Cc2cc(C3CCN(C(C)C)CC3)c(F)cc2C1=O. The molecule has 0 radical (unpaired) electrons. The number of amides is 2. The van der Waals surface area contributed by atoms with Gasteiger partial charge in [-0.15, -0.1) is 0 Å². The predicted octanol–water partition coefficient (Wildman–Crippen LogP) is 2.46. The summed E-state index contributed by atoms with van der Waals surface area (Å²) < 4.78 is 14.9. The van der Waals surface area contributed by atoms with E-state index in [1.807, 2.05) is 6.07 Å². The number of fused-ring (bicyclic) bond motifs is 1. The third-order valence-electron chi connectivity index (χ3n) is 6.24. The maximum atomic E-state index is 14.9. The second kappa shape index (κ2) is 9.03. The van der Waals surface area contributed by atoms with Gasteiger partial charge in [0.15, 0.2) is 0 Å². The Kier molecular flexibility index (Phi) is 6.67. The van der Waals surface area contributed by atoms with Crippen LogP contribution in [0.3, 0.4) is 0 Å². The Morgan fingerprint density at radius 1 is 1.31 bits per heavy atom. The van der Waals surface area contributed by atoms with Gasteiger partial charge in [0.1, 0.15) is 18.1 Å². The van der Waals surface area contributed by atoms with Crippen LogP contribution >= 0.6 is 0 Å². The molecule has 7 heteroatoms. The van der Waals surface area contributed by atoms with Crippen molar-refractivity contribution in [2.24, 2.45) is 0 Å². The topological polar surface area (TPSA) is 69.7 Å². The van der Waals surface area contributed by atoms with Gasteiger partial charge in [-0.05, 0) is 69.3 Å². The highest BCUT2D eigenvalue weighted by Crippen LogP contribution is 2.35. The fraction of sp³-hybridized carbons (Fsp3) is 0.591. The Hall–Kier alpha value is -2.28. The number of nitrogens with zero attached hydrogens (tertiary/aromatic N) is 2. The molecule has 29 heavy (non-hydrogen) atoms. The molecular weight excluding hydrogens is 373 g/mol. The van der Waals surface area contributed by atoms with Crippen LogP contribution in [0.2, 0.25) is 0 Å². The number of likely N-dealkylation sites (N-methyl/N-ethyl adjacent to an activating group) is 1. The Labute approximate surface area is 171 Å². The van der Waals surface area contributed by atoms with Gasteiger partial charge >= 0.3 is 0 Å². The number of piperidine rings is 1. The lowest BCUT2D eigenvalue weighted by Gasteiger charge is -2.35. The molecule has 1 atom stereocenters. The summed E-state index contributed by atoms with van der Waals surface area (Å²) in [5, 5.41) is 2.56. The van der Waals surface area contributed by atoms with E-state index in [1.54, 1.807) is 0 Å². The van der Waals surface area contributed by atoms with Crippen LogP contribution in [0.25, 0.3) is 0 Å². The number of hydrogen-bond acceptors (Lipinski definition) is 4. The van der Waals surface area contributed by atoms with Gasteiger partial charge in [0.2, 0.25) is 5.91 Å². The molecule has 6 nitrogen and oxygen atoms in total. The molecule has 1 N–H and O–H groups in total. The van der Waals surface area contributed by atoms with E-state index in [1.165, 1.54) is 18.0 Å². The van der Waals surface area contributed by atoms with Crippen molar-refractivity contribution in [1.29, 1.82) is 0 Å². The molecule has 0 bridgehead atoms. The highest BCUT2D eigenvalue weighted by molar-refractivity contribution is 6.01. The molecule has 3 rings (SSSR count). The van der Waals surface area contributed by atoms with Gasteiger partial charge in [0.05, 0.1) is 0 Å². The molecule has 2 amide bonds. The Morgan fingerprint density at radius 3 is 2.59 bits per heavy atom. The maximum Gasteiger partial charge on any atom is 0.255 e. The van der Waals surface area contributed by atoms with E-state index in [-0.39, 0.29) is 42.9 Å². The highest BCUT2D eigenvalue weighted by Gasteiger charge is 2.37. The van der Waals surface area contributed by atoms with Crippen molar-refractivity contribution in [3.63, 3.8) is 0 Å². The summed E-state index contributed by atoms with van der Waals surface area (Å²) in [7, 11) is 1.51. The van der Waals surface area contributed by atoms with Crippen LogP contribution in [0.15, 0.2) is 12.1 Å². The molecule has 2 heterocycles. The number of halogens is 1. The van der Waals surface area contributed by atoms with Crippen molar-refractivity contribution in [3.05, 3.63) is 34.6 Å². The van der Waals surface area contributed by atoms with Gasteiger partial charge in [0.25, 0.3) is 5.91 Å². The van der Waals surface area contributed by atoms with E-state index >= 15 is 0 Å². The van der Waals surface area contributed by atoms with E-state index in [0.717, 1.165) is 37.8 Å². The van der Waals surface area contributed by atoms with Gasteiger partial charge in [0, 0.05) is 31.6 Å². The molecule has 1 unspecified atom stereocenters. The molecule has 0 saturated carbocycles. The molecule has 1 saturated heterocycles. The molecule has 0 aliphatic carbocycles. The molecule has 158 valence electrons. The summed E-state index contributed by atoms with van der Waals surface area (Å²) >= 11 is 0. The second-order valence-electron chi connectivity index (χ2n) is 8.24. The van der Waals surface area contributed by atoms with Crippen molar-refractivity contribution in [2.45, 2.75) is 64.1 Å². The zero-order valence-corrected chi connectivity index (χ0v) is 17.4. The van der Waals surface area contributed by atoms with Gasteiger partial charge in [-0.25, -0.2) is 4.39 Å². The Bertz CT molecular complexity index is 788. The van der Waals surface area contributed by atoms with Crippen LogP contribution in [-0.2, 0) is 16.1 Å². The molecule has 1 aromatic carbocycles. The van der Waals surface area contributed by atoms with Crippen molar-refractivity contribution in [2.75, 3.05) is 20.1 Å². The first-order valence-electron chi connectivity index (χ1n) is 10.4. The van der Waals surface area contributed by atoms with Crippen molar-refractivity contribution >= 4 is 18.1 Å². The molecule has 0 spiro atoms. The molecule has 0 aromatic heterocycles. The maximum absolute atomic E-state index is 14.9. The number of hydrogen-bond donors (Lipinski definition) is 1. The first kappa shape index (κ1) is 21.4. The van der Waals surface area contributed by atoms with Crippen LogP contribution in [0, 0.1) is 5.82 Å². The minimum Gasteiger partial charge on any atom is -0.357 e. The monoisotopic (exact) mass is 403 g/mol. The largest absolute Gasteiger partial charge is 0.357 e. The molecule has 2 aliphatic heterocycles. The summed E-state index contributed by atoms with van der Waals surface area (Å²) in [6.07, 6.45) is 2.97. The molecule has 1 fully saturated rings. The van der Waals surface area contributed by atoms with Crippen LogP contribution in [0.4, 0.5) is 4.39 Å². The van der Waals surface area contributed by atoms with Gasteiger partial charge in [-0.1, -0.05) is 6.07 Å². The number of rotatable bonds is 7. The number of carbonyl (C=O) groups is 3. The number of carbonyl (C=O) groups excluding carboxylic acids is 3. The van der Waals surface area contributed by atoms with Crippen molar-refractivity contribution in [1.82, 2.24) is 15.1 Å². The van der Waals surface area contributed by atoms with Crippen molar-refractivity contribution in [3.8, 4) is 0 Å². The van der Waals surface area contributed by atoms with Crippen molar-refractivity contribution < 1.29 is 18.8 Å². The minimum absolute atomic E-state index is 0.143. The number of likely N-dealkylation sites (tertiary alicyclic amines) is 1. The number of benzene rings is 1. The second-order valence-corrected chi connectivity index (χ2v) is 8.24. The van der Waals surface area contributed by atoms with E-state index in [0.29, 0.717) is 17.2 Å². The van der Waals surface area contributed by atoms with E-state index in [2.05, 4.69) is 24.1 Å². The lowest BCUT2D eigenvalue weighted by molar-refractivity contribution is -0.125. The van der Waals surface area contributed by atoms with E-state index in [4.69, 9.17) is 0 Å². The zero-order valence-electron chi connectivity index (χ0n) is 17.4. The Morgan fingerprint density at radius 2 is 2.00 bits per heavy atom. The minimum atomic E-state index is -0.731. The number of nitrogens with one attached hydrogen (secondary N) is 1. The van der Waals surface area contributed by atoms with Gasteiger partial charge in [-0.3, -0.25) is 9.59 Å². The van der Waals surface area contributed by atoms with Crippen LogP contribution in [0.5, 0.6) is 0 Å². The summed E-state index contributed by atoms with van der Waals surface area (Å²) in [5.74, 6) is -0.857. The molecule has 1 aromatic rings. The molecule has 2 aliphatic rings. The van der Waals surface area contributed by atoms with Crippen LogP contribution in [-0.4, -0.2) is 60.1 Å².